The molecule has 0 saturated heterocycles. The molecule has 170 valence electrons. The van der Waals surface area contributed by atoms with E-state index in [1.807, 2.05) is 0 Å². The van der Waals surface area contributed by atoms with E-state index >= 15 is 0 Å². The fraction of sp³-hybridized carbons (Fsp3) is 0.381. The van der Waals surface area contributed by atoms with Crippen LogP contribution >= 0.6 is 12.2 Å². The maximum Gasteiger partial charge on any atom is 0.245 e. The van der Waals surface area contributed by atoms with Gasteiger partial charge in [0.15, 0.2) is 5.11 Å². The zero-order valence-electron chi connectivity index (χ0n) is 18.3. The molecular weight excluding hydrogens is 454 g/mol. The van der Waals surface area contributed by atoms with Gasteiger partial charge in [0, 0.05) is 13.1 Å². The van der Waals surface area contributed by atoms with Crippen LogP contribution in [0.25, 0.3) is 0 Å². The van der Waals surface area contributed by atoms with E-state index in [1.165, 1.54) is 17.7 Å². The lowest BCUT2D eigenvalue weighted by atomic mass is 9.87. The third-order valence-electron chi connectivity index (χ3n) is 4.48. The zero-order valence-corrected chi connectivity index (χ0v) is 20.8. The maximum atomic E-state index is 11.8. The monoisotopic (exact) mass is 483 g/mol. The van der Waals surface area contributed by atoms with E-state index in [0.29, 0.717) is 21.9 Å². The summed E-state index contributed by atoms with van der Waals surface area (Å²) in [5.74, 6) is 0. The summed E-state index contributed by atoms with van der Waals surface area (Å²) in [5, 5.41) is 6.72. The Morgan fingerprint density at radius 1 is 0.806 bits per heavy atom. The number of hydrogen-bond donors (Lipinski definition) is 2. The van der Waals surface area contributed by atoms with Crippen LogP contribution in [-0.2, 0) is 38.6 Å². The molecular formula is C21H29N3O4S3. The van der Waals surface area contributed by atoms with Crippen molar-refractivity contribution in [2.75, 3.05) is 16.2 Å². The molecule has 0 radical (unpaired) electrons. The number of hydrogen-bond acceptors (Lipinski definition) is 5. The Bertz CT molecular complexity index is 1090. The topological polar surface area (TPSA) is 95.6 Å². The molecule has 10 heteroatoms. The number of nitrogens with one attached hydrogen (secondary N) is 2. The summed E-state index contributed by atoms with van der Waals surface area (Å²) < 4.78 is 47.8. The number of rotatable bonds is 7. The molecule has 0 atom stereocenters. The van der Waals surface area contributed by atoms with Crippen molar-refractivity contribution < 1.29 is 16.8 Å². The predicted molar refractivity (Wildman–Crippen MR) is 130 cm³/mol. The number of thiocarbonyl (C=S) groups is 1. The zero-order chi connectivity index (χ0) is 23.4. The van der Waals surface area contributed by atoms with Gasteiger partial charge in [-0.05, 0) is 46.5 Å². The predicted octanol–water partition coefficient (Wildman–Crippen LogP) is 2.87. The molecule has 0 fully saturated rings. The molecule has 0 aromatic heterocycles. The van der Waals surface area contributed by atoms with E-state index in [2.05, 4.69) is 55.7 Å². The highest BCUT2D eigenvalue weighted by molar-refractivity contribution is 8.09. The summed E-state index contributed by atoms with van der Waals surface area (Å²) in [7, 11) is -7.92. The van der Waals surface area contributed by atoms with Gasteiger partial charge in [-0.3, -0.25) is 0 Å². The first kappa shape index (κ1) is 25.1. The van der Waals surface area contributed by atoms with Gasteiger partial charge in [0.1, 0.15) is 0 Å². The lowest BCUT2D eigenvalue weighted by Crippen LogP contribution is -2.35. The highest BCUT2D eigenvalue weighted by Crippen LogP contribution is 2.22. The fourth-order valence-electron chi connectivity index (χ4n) is 2.91. The molecule has 7 nitrogen and oxygen atoms in total. The number of anilines is 1. The molecule has 0 aliphatic carbocycles. The first-order valence-electron chi connectivity index (χ1n) is 9.58. The summed E-state index contributed by atoms with van der Waals surface area (Å²) in [5.41, 5.74) is 3.38. The van der Waals surface area contributed by atoms with Gasteiger partial charge in [-0.1, -0.05) is 57.2 Å². The second-order valence-electron chi connectivity index (χ2n) is 8.37. The molecule has 31 heavy (non-hydrogen) atoms. The van der Waals surface area contributed by atoms with Gasteiger partial charge in [-0.15, -0.1) is 0 Å². The molecule has 2 N–H and O–H groups in total. The van der Waals surface area contributed by atoms with Crippen molar-refractivity contribution in [2.45, 2.75) is 39.3 Å². The third kappa shape index (κ3) is 7.48. The number of sulfonamides is 2. The number of nitrogens with zero attached hydrogens (tertiary/aromatic N) is 1. The number of benzene rings is 2. The Balaban J connectivity index is 1.92. The Morgan fingerprint density at radius 2 is 1.19 bits per heavy atom. The van der Waals surface area contributed by atoms with Crippen molar-refractivity contribution in [3.05, 3.63) is 65.2 Å². The van der Waals surface area contributed by atoms with Gasteiger partial charge in [0.2, 0.25) is 20.0 Å². The minimum atomic E-state index is -3.96. The first-order chi connectivity index (χ1) is 14.2. The van der Waals surface area contributed by atoms with Gasteiger partial charge in [0.25, 0.3) is 0 Å². The van der Waals surface area contributed by atoms with E-state index in [-0.39, 0.29) is 11.1 Å². The summed E-state index contributed by atoms with van der Waals surface area (Å²) in [6.45, 7) is 7.52. The van der Waals surface area contributed by atoms with Gasteiger partial charge in [-0.25, -0.2) is 16.8 Å². The van der Waals surface area contributed by atoms with Gasteiger partial charge in [-0.2, -0.15) is 3.71 Å². The summed E-state index contributed by atoms with van der Waals surface area (Å²) in [6, 6.07) is 14.6. The minimum absolute atomic E-state index is 0.0631. The summed E-state index contributed by atoms with van der Waals surface area (Å²) in [6.07, 6.45) is 1.70. The molecule has 0 spiro atoms. The fourth-order valence-corrected chi connectivity index (χ4v) is 6.04. The second-order valence-corrected chi connectivity index (χ2v) is 12.7. The van der Waals surface area contributed by atoms with Crippen molar-refractivity contribution in [1.29, 1.82) is 0 Å². The van der Waals surface area contributed by atoms with Crippen molar-refractivity contribution >= 4 is 43.1 Å². The molecule has 0 bridgehead atoms. The van der Waals surface area contributed by atoms with Crippen molar-refractivity contribution in [1.82, 2.24) is 10.6 Å². The molecule has 0 aliphatic heterocycles. The quantitative estimate of drug-likeness (QED) is 0.585. The van der Waals surface area contributed by atoms with E-state index in [0.717, 1.165) is 23.6 Å². The molecule has 0 heterocycles. The first-order valence-corrected chi connectivity index (χ1v) is 13.7. The van der Waals surface area contributed by atoms with E-state index in [9.17, 15) is 16.8 Å². The smallest absolute Gasteiger partial charge is 0.245 e. The molecule has 2 rings (SSSR count). The van der Waals surface area contributed by atoms with Crippen LogP contribution in [0.15, 0.2) is 48.5 Å². The maximum absolute atomic E-state index is 11.8. The van der Waals surface area contributed by atoms with Crippen LogP contribution in [0.2, 0.25) is 0 Å². The summed E-state index contributed by atoms with van der Waals surface area (Å²) in [4.78, 5) is 0. The Labute approximate surface area is 191 Å². The molecule has 0 saturated carbocycles. The molecule has 0 amide bonds. The highest BCUT2D eigenvalue weighted by Gasteiger charge is 2.26. The summed E-state index contributed by atoms with van der Waals surface area (Å²) >= 11 is 5.31. The Kier molecular flexibility index (Phi) is 7.72. The highest BCUT2D eigenvalue weighted by atomic mass is 32.3. The van der Waals surface area contributed by atoms with Gasteiger partial charge >= 0.3 is 0 Å². The van der Waals surface area contributed by atoms with Crippen molar-refractivity contribution in [3.63, 3.8) is 0 Å². The van der Waals surface area contributed by atoms with Crippen LogP contribution in [0.3, 0.4) is 0 Å². The molecule has 2 aromatic carbocycles. The van der Waals surface area contributed by atoms with Gasteiger partial charge < -0.3 is 10.6 Å². The van der Waals surface area contributed by atoms with E-state index in [4.69, 9.17) is 12.2 Å². The third-order valence-corrected chi connectivity index (χ3v) is 8.02. The lowest BCUT2D eigenvalue weighted by Gasteiger charge is -2.20. The van der Waals surface area contributed by atoms with Crippen LogP contribution < -0.4 is 14.3 Å². The van der Waals surface area contributed by atoms with Crippen LogP contribution in [0.1, 0.15) is 37.5 Å². The Hall–Kier alpha value is -2.17. The van der Waals surface area contributed by atoms with E-state index < -0.39 is 20.0 Å². The average Bonchev–Trinajstić information content (AvgIpc) is 2.63. The van der Waals surface area contributed by atoms with Crippen LogP contribution in [0.5, 0.6) is 0 Å². The largest absolute Gasteiger partial charge is 0.359 e. The van der Waals surface area contributed by atoms with Crippen LogP contribution in [0.4, 0.5) is 5.69 Å². The van der Waals surface area contributed by atoms with Gasteiger partial charge in [0.05, 0.1) is 18.2 Å². The molecule has 2 aromatic rings. The molecule has 0 aliphatic rings. The SMILES string of the molecule is CC(C)(C)c1ccc(CNC(=S)NCc2ccc(N(S(C)(=O)=O)S(C)(=O)=O)cc2)cc1. The second kappa shape index (κ2) is 9.54. The lowest BCUT2D eigenvalue weighted by molar-refractivity contribution is 0.589. The Morgan fingerprint density at radius 3 is 1.55 bits per heavy atom. The van der Waals surface area contributed by atoms with Crippen molar-refractivity contribution in [3.8, 4) is 0 Å². The van der Waals surface area contributed by atoms with Crippen molar-refractivity contribution in [2.24, 2.45) is 0 Å². The normalized spacial score (nSPS) is 12.3. The van der Waals surface area contributed by atoms with E-state index in [1.54, 1.807) is 12.1 Å². The van der Waals surface area contributed by atoms with Crippen LogP contribution in [-0.4, -0.2) is 34.5 Å². The minimum Gasteiger partial charge on any atom is -0.359 e. The standard InChI is InChI=1S/C21H29N3O4S3/c1-21(2,3)18-10-6-16(7-11-18)14-22-20(29)23-15-17-8-12-19(13-9-17)24(30(4,25)26)31(5,27)28/h6-13H,14-15H2,1-5H3,(H2,22,23,29). The van der Waals surface area contributed by atoms with Crippen LogP contribution in [0, 0.1) is 0 Å². The molecule has 0 unspecified atom stereocenters. The average molecular weight is 484 g/mol.